The molecule has 3 aromatic carbocycles. The summed E-state index contributed by atoms with van der Waals surface area (Å²) in [5, 5.41) is 0. The van der Waals surface area contributed by atoms with Crippen LogP contribution in [0, 0.1) is 5.92 Å². The van der Waals surface area contributed by atoms with Crippen molar-refractivity contribution in [2.24, 2.45) is 5.92 Å². The molecule has 0 aliphatic carbocycles. The molecule has 0 unspecified atom stereocenters. The van der Waals surface area contributed by atoms with E-state index in [2.05, 4.69) is 0 Å². The van der Waals surface area contributed by atoms with Crippen molar-refractivity contribution in [3.63, 3.8) is 0 Å². The summed E-state index contributed by atoms with van der Waals surface area (Å²) in [4.78, 5) is 31.4. The quantitative estimate of drug-likeness (QED) is 0.416. The number of benzene rings is 3. The van der Waals surface area contributed by atoms with Crippen LogP contribution in [0.3, 0.4) is 0 Å². The van der Waals surface area contributed by atoms with Crippen LogP contribution in [0.2, 0.25) is 0 Å². The molecule has 0 radical (unpaired) electrons. The maximum Gasteiger partial charge on any atom is 0.271 e. The van der Waals surface area contributed by atoms with E-state index >= 15 is 0 Å². The Morgan fingerprint density at radius 1 is 0.778 bits per heavy atom. The number of nitrogens with zero attached hydrogens (tertiary/aromatic N) is 2. The van der Waals surface area contributed by atoms with Gasteiger partial charge in [-0.15, -0.1) is 0 Å². The Morgan fingerprint density at radius 2 is 1.31 bits per heavy atom. The third kappa shape index (κ3) is 5.43. The molecular weight excluding hydrogens is 452 g/mol. The lowest BCUT2D eigenvalue weighted by atomic mass is 9.95. The molecule has 6 heteroatoms. The van der Waals surface area contributed by atoms with Gasteiger partial charge in [0, 0.05) is 6.54 Å². The Balaban J connectivity index is 1.74. The number of ether oxygens (including phenoxy) is 2. The zero-order valence-corrected chi connectivity index (χ0v) is 21.2. The fourth-order valence-electron chi connectivity index (χ4n) is 4.47. The highest BCUT2D eigenvalue weighted by Gasteiger charge is 2.44. The summed E-state index contributed by atoms with van der Waals surface area (Å²) < 4.78 is 10.5. The summed E-state index contributed by atoms with van der Waals surface area (Å²) in [7, 11) is 3.24. The first-order chi connectivity index (χ1) is 17.4. The third-order valence-corrected chi connectivity index (χ3v) is 6.37. The number of carbonyl (C=O) groups is 2. The van der Waals surface area contributed by atoms with E-state index < -0.39 is 6.04 Å². The Kier molecular flexibility index (Phi) is 7.74. The molecule has 0 bridgehead atoms. The molecule has 3 aromatic rings. The first-order valence-corrected chi connectivity index (χ1v) is 12.1. The van der Waals surface area contributed by atoms with Gasteiger partial charge >= 0.3 is 0 Å². The van der Waals surface area contributed by atoms with Gasteiger partial charge in [-0.3, -0.25) is 9.59 Å². The molecule has 36 heavy (non-hydrogen) atoms. The van der Waals surface area contributed by atoms with E-state index in [1.54, 1.807) is 30.1 Å². The maximum atomic E-state index is 14.0. The summed E-state index contributed by atoms with van der Waals surface area (Å²) in [6, 6.07) is 24.2. The van der Waals surface area contributed by atoms with Crippen LogP contribution in [0.25, 0.3) is 6.08 Å². The van der Waals surface area contributed by atoms with Crippen LogP contribution < -0.4 is 9.47 Å². The zero-order chi connectivity index (χ0) is 25.7. The highest BCUT2D eigenvalue weighted by molar-refractivity contribution is 6.07. The number of amides is 2. The fraction of sp³-hybridized carbons (Fsp3) is 0.267. The largest absolute Gasteiger partial charge is 0.497 e. The highest BCUT2D eigenvalue weighted by atomic mass is 16.5. The van der Waals surface area contributed by atoms with Gasteiger partial charge in [0.1, 0.15) is 23.2 Å². The van der Waals surface area contributed by atoms with Crippen molar-refractivity contribution >= 4 is 17.9 Å². The minimum absolute atomic E-state index is 0.0589. The first kappa shape index (κ1) is 25.0. The number of piperazine rings is 1. The fourth-order valence-corrected chi connectivity index (χ4v) is 4.47. The number of hydrogen-bond donors (Lipinski definition) is 0. The molecule has 1 aliphatic heterocycles. The number of carbonyl (C=O) groups excluding carboxylic acids is 2. The van der Waals surface area contributed by atoms with Crippen LogP contribution in [0.15, 0.2) is 84.6 Å². The SMILES string of the molecule is COc1ccc(CN2C(=O)[C@H](C(C)C)N(Cc3ccc(OC)cc3)C(=O)/C2=C\c2ccccc2)cc1. The van der Waals surface area contributed by atoms with Gasteiger partial charge < -0.3 is 19.3 Å². The summed E-state index contributed by atoms with van der Waals surface area (Å²) >= 11 is 0. The van der Waals surface area contributed by atoms with Crippen molar-refractivity contribution in [1.29, 1.82) is 0 Å². The van der Waals surface area contributed by atoms with Gasteiger partial charge in [-0.25, -0.2) is 0 Å². The Labute approximate surface area is 212 Å². The Bertz CT molecular complexity index is 1220. The van der Waals surface area contributed by atoms with E-state index in [1.807, 2.05) is 92.7 Å². The van der Waals surface area contributed by atoms with E-state index in [0.717, 1.165) is 28.2 Å². The van der Waals surface area contributed by atoms with E-state index in [9.17, 15) is 9.59 Å². The molecule has 2 amide bonds. The predicted octanol–water partition coefficient (Wildman–Crippen LogP) is 5.14. The monoisotopic (exact) mass is 484 g/mol. The summed E-state index contributed by atoms with van der Waals surface area (Å²) in [6.45, 7) is 4.59. The van der Waals surface area contributed by atoms with Crippen LogP contribution in [0.1, 0.15) is 30.5 Å². The molecule has 4 rings (SSSR count). The van der Waals surface area contributed by atoms with Crippen molar-refractivity contribution in [3.8, 4) is 11.5 Å². The minimum Gasteiger partial charge on any atom is -0.497 e. The van der Waals surface area contributed by atoms with Crippen LogP contribution in [0.5, 0.6) is 11.5 Å². The molecule has 186 valence electrons. The van der Waals surface area contributed by atoms with Gasteiger partial charge in [0.15, 0.2) is 0 Å². The van der Waals surface area contributed by atoms with Gasteiger partial charge in [-0.1, -0.05) is 68.4 Å². The summed E-state index contributed by atoms with van der Waals surface area (Å²) in [5.41, 5.74) is 3.08. The van der Waals surface area contributed by atoms with E-state index in [0.29, 0.717) is 18.8 Å². The second-order valence-corrected chi connectivity index (χ2v) is 9.18. The average Bonchev–Trinajstić information content (AvgIpc) is 2.90. The van der Waals surface area contributed by atoms with Crippen LogP contribution in [-0.4, -0.2) is 41.9 Å². The summed E-state index contributed by atoms with van der Waals surface area (Å²) in [5.74, 6) is 1.18. The lowest BCUT2D eigenvalue weighted by molar-refractivity contribution is -0.154. The third-order valence-electron chi connectivity index (χ3n) is 6.37. The topological polar surface area (TPSA) is 59.1 Å². The molecule has 0 spiro atoms. The van der Waals surface area contributed by atoms with E-state index in [-0.39, 0.29) is 17.7 Å². The van der Waals surface area contributed by atoms with Crippen LogP contribution in [-0.2, 0) is 22.7 Å². The first-order valence-electron chi connectivity index (χ1n) is 12.1. The lowest BCUT2D eigenvalue weighted by Crippen LogP contribution is -2.59. The standard InChI is InChI=1S/C30H32N2O4/c1-21(2)28-30(34)31(19-23-10-14-25(35-3)15-11-23)27(18-22-8-6-5-7-9-22)29(33)32(28)20-24-12-16-26(36-4)17-13-24/h5-18,21,28H,19-20H2,1-4H3/b27-18+/t28-/m0/s1. The smallest absolute Gasteiger partial charge is 0.271 e. The molecule has 6 nitrogen and oxygen atoms in total. The van der Waals surface area contributed by atoms with E-state index in [1.165, 1.54) is 0 Å². The van der Waals surface area contributed by atoms with Crippen LogP contribution in [0.4, 0.5) is 0 Å². The van der Waals surface area contributed by atoms with Crippen molar-refractivity contribution in [2.45, 2.75) is 33.0 Å². The van der Waals surface area contributed by atoms with Gasteiger partial charge in [-0.2, -0.15) is 0 Å². The average molecular weight is 485 g/mol. The van der Waals surface area contributed by atoms with Crippen molar-refractivity contribution < 1.29 is 19.1 Å². The van der Waals surface area contributed by atoms with Gasteiger partial charge in [0.25, 0.3) is 11.8 Å². The van der Waals surface area contributed by atoms with Gasteiger partial charge in [0.05, 0.1) is 20.8 Å². The Hall–Kier alpha value is -4.06. The maximum absolute atomic E-state index is 14.0. The summed E-state index contributed by atoms with van der Waals surface area (Å²) in [6.07, 6.45) is 1.81. The van der Waals surface area contributed by atoms with Crippen molar-refractivity contribution in [3.05, 3.63) is 101 Å². The molecule has 1 heterocycles. The van der Waals surface area contributed by atoms with Crippen molar-refractivity contribution in [1.82, 2.24) is 9.80 Å². The molecule has 0 N–H and O–H groups in total. The predicted molar refractivity (Wildman–Crippen MR) is 140 cm³/mol. The molecule has 0 saturated carbocycles. The van der Waals surface area contributed by atoms with Gasteiger partial charge in [0.2, 0.25) is 0 Å². The molecule has 1 fully saturated rings. The van der Waals surface area contributed by atoms with Crippen LogP contribution >= 0.6 is 0 Å². The van der Waals surface area contributed by atoms with Crippen molar-refractivity contribution in [2.75, 3.05) is 14.2 Å². The molecule has 0 aromatic heterocycles. The molecular formula is C30H32N2O4. The highest BCUT2D eigenvalue weighted by Crippen LogP contribution is 2.31. The minimum atomic E-state index is -0.578. The number of hydrogen-bond acceptors (Lipinski definition) is 4. The second-order valence-electron chi connectivity index (χ2n) is 9.18. The van der Waals surface area contributed by atoms with E-state index in [4.69, 9.17) is 9.47 Å². The lowest BCUT2D eigenvalue weighted by Gasteiger charge is -2.43. The second kappa shape index (κ2) is 11.1. The number of rotatable bonds is 8. The van der Waals surface area contributed by atoms with Gasteiger partial charge in [-0.05, 0) is 52.9 Å². The molecule has 1 atom stereocenters. The molecule has 1 saturated heterocycles. The zero-order valence-electron chi connectivity index (χ0n) is 21.2. The normalized spacial score (nSPS) is 17.1. The Morgan fingerprint density at radius 3 is 1.81 bits per heavy atom. The number of methoxy groups -OCH3 is 2. The molecule has 1 aliphatic rings.